The van der Waals surface area contributed by atoms with E-state index in [0.29, 0.717) is 17.7 Å². The van der Waals surface area contributed by atoms with Gasteiger partial charge in [-0.2, -0.15) is 10.3 Å². The lowest BCUT2D eigenvalue weighted by molar-refractivity contribution is 0.556. The van der Waals surface area contributed by atoms with Crippen molar-refractivity contribution in [3.8, 4) is 22.5 Å². The number of aryl methyl sites for hydroxylation is 1. The summed E-state index contributed by atoms with van der Waals surface area (Å²) in [6.45, 7) is 9.67. The van der Waals surface area contributed by atoms with Crippen molar-refractivity contribution in [3.05, 3.63) is 65.7 Å². The fraction of sp³-hybridized carbons (Fsp3) is 0.400. The third kappa shape index (κ3) is 5.46. The number of rotatable bonds is 9. The number of nitrogens with one attached hydrogen (secondary N) is 1. The number of aromatic amines is 1. The number of tetrazole rings is 1. The number of hydrogen-bond donors (Lipinski definition) is 1. The van der Waals surface area contributed by atoms with Crippen molar-refractivity contribution in [2.24, 2.45) is 11.8 Å². The molecule has 166 valence electrons. The Morgan fingerprint density at radius 2 is 1.69 bits per heavy atom. The van der Waals surface area contributed by atoms with E-state index in [-0.39, 0.29) is 0 Å². The van der Waals surface area contributed by atoms with Crippen LogP contribution in [0.4, 0.5) is 0 Å². The molecule has 0 radical (unpaired) electrons. The van der Waals surface area contributed by atoms with E-state index in [1.165, 1.54) is 5.56 Å². The molecule has 2 aromatic carbocycles. The summed E-state index contributed by atoms with van der Waals surface area (Å²) >= 11 is 0. The van der Waals surface area contributed by atoms with Crippen LogP contribution in [0.15, 0.2) is 48.5 Å². The molecule has 0 aliphatic rings. The van der Waals surface area contributed by atoms with Crippen LogP contribution in [0.1, 0.15) is 51.3 Å². The Bertz CT molecular complexity index is 1130. The lowest BCUT2D eigenvalue weighted by Crippen LogP contribution is -2.09. The SMILES string of the molecule is CC(C)CCc1nc(CC(C)C)n(Cc2ccc(-c3cccc(-c4nn[nH]n4)c3)cc2)n1. The number of hydrogen-bond acceptors (Lipinski definition) is 5. The van der Waals surface area contributed by atoms with Crippen molar-refractivity contribution in [1.82, 2.24) is 35.4 Å². The summed E-state index contributed by atoms with van der Waals surface area (Å²) in [6.07, 6.45) is 2.99. The van der Waals surface area contributed by atoms with Crippen LogP contribution < -0.4 is 0 Å². The smallest absolute Gasteiger partial charge is 0.204 e. The first kappa shape index (κ1) is 21.9. The van der Waals surface area contributed by atoms with E-state index in [2.05, 4.69) is 89.4 Å². The van der Waals surface area contributed by atoms with E-state index in [4.69, 9.17) is 10.1 Å². The first-order chi connectivity index (χ1) is 15.5. The van der Waals surface area contributed by atoms with E-state index in [1.807, 2.05) is 12.1 Å². The van der Waals surface area contributed by atoms with E-state index in [9.17, 15) is 0 Å². The number of benzene rings is 2. The zero-order valence-electron chi connectivity index (χ0n) is 19.3. The monoisotopic (exact) mass is 429 g/mol. The predicted molar refractivity (Wildman–Crippen MR) is 126 cm³/mol. The molecule has 4 aromatic rings. The number of H-pyrrole nitrogens is 1. The molecule has 4 rings (SSSR count). The third-order valence-corrected chi connectivity index (χ3v) is 5.41. The summed E-state index contributed by atoms with van der Waals surface area (Å²) in [6, 6.07) is 16.8. The van der Waals surface area contributed by atoms with Crippen LogP contribution in [0.2, 0.25) is 0 Å². The van der Waals surface area contributed by atoms with Crippen molar-refractivity contribution < 1.29 is 0 Å². The zero-order chi connectivity index (χ0) is 22.5. The van der Waals surface area contributed by atoms with E-state index >= 15 is 0 Å². The zero-order valence-corrected chi connectivity index (χ0v) is 19.3. The maximum atomic E-state index is 4.85. The van der Waals surface area contributed by atoms with Crippen LogP contribution in [0.25, 0.3) is 22.5 Å². The predicted octanol–water partition coefficient (Wildman–Crippen LogP) is 4.96. The van der Waals surface area contributed by atoms with Crippen LogP contribution in [-0.2, 0) is 19.4 Å². The highest BCUT2D eigenvalue weighted by Gasteiger charge is 2.13. The van der Waals surface area contributed by atoms with Crippen molar-refractivity contribution in [1.29, 1.82) is 0 Å². The fourth-order valence-corrected chi connectivity index (χ4v) is 3.69. The van der Waals surface area contributed by atoms with Crippen LogP contribution in [0.3, 0.4) is 0 Å². The van der Waals surface area contributed by atoms with E-state index < -0.39 is 0 Å². The molecule has 0 amide bonds. The molecule has 7 heteroatoms. The Labute approximate surface area is 189 Å². The molecule has 0 aliphatic heterocycles. The lowest BCUT2D eigenvalue weighted by atomic mass is 10.0. The highest BCUT2D eigenvalue weighted by molar-refractivity contribution is 5.70. The maximum Gasteiger partial charge on any atom is 0.204 e. The van der Waals surface area contributed by atoms with Gasteiger partial charge < -0.3 is 0 Å². The molecule has 0 unspecified atom stereocenters. The fourth-order valence-electron chi connectivity index (χ4n) is 3.69. The minimum Gasteiger partial charge on any atom is -0.245 e. The van der Waals surface area contributed by atoms with Gasteiger partial charge in [0.2, 0.25) is 5.82 Å². The molecule has 32 heavy (non-hydrogen) atoms. The molecule has 0 bridgehead atoms. The molecule has 0 fully saturated rings. The van der Waals surface area contributed by atoms with Gasteiger partial charge in [-0.25, -0.2) is 9.67 Å². The van der Waals surface area contributed by atoms with Gasteiger partial charge in [-0.15, -0.1) is 10.2 Å². The Hall–Kier alpha value is -3.35. The molecule has 0 saturated carbocycles. The minimum atomic E-state index is 0.546. The molecule has 7 nitrogen and oxygen atoms in total. The molecule has 2 aromatic heterocycles. The standard InChI is InChI=1S/C25H31N7/c1-17(2)8-13-23-26-24(14-18(3)4)32(29-23)16-19-9-11-20(12-10-19)21-6-5-7-22(15-21)25-27-30-31-28-25/h5-7,9-12,15,17-18H,8,13-14,16H2,1-4H3,(H,27,28,30,31). The van der Waals surface area contributed by atoms with Gasteiger partial charge in [0.05, 0.1) is 6.54 Å². The van der Waals surface area contributed by atoms with E-state index in [1.54, 1.807) is 0 Å². The van der Waals surface area contributed by atoms with Gasteiger partial charge in [0.25, 0.3) is 0 Å². The van der Waals surface area contributed by atoms with Crippen LogP contribution in [-0.4, -0.2) is 35.4 Å². The molecule has 0 spiro atoms. The van der Waals surface area contributed by atoms with Gasteiger partial charge in [-0.3, -0.25) is 0 Å². The molecule has 0 aliphatic carbocycles. The Kier molecular flexibility index (Phi) is 6.73. The van der Waals surface area contributed by atoms with Crippen LogP contribution in [0.5, 0.6) is 0 Å². The Morgan fingerprint density at radius 3 is 2.38 bits per heavy atom. The molecule has 1 N–H and O–H groups in total. The topological polar surface area (TPSA) is 85.2 Å². The first-order valence-electron chi connectivity index (χ1n) is 11.3. The Morgan fingerprint density at radius 1 is 0.906 bits per heavy atom. The van der Waals surface area contributed by atoms with Crippen LogP contribution in [0, 0.1) is 11.8 Å². The minimum absolute atomic E-state index is 0.546. The van der Waals surface area contributed by atoms with Gasteiger partial charge in [0.1, 0.15) is 5.82 Å². The van der Waals surface area contributed by atoms with Gasteiger partial charge in [0, 0.05) is 18.4 Å². The van der Waals surface area contributed by atoms with Gasteiger partial charge in [-0.05, 0) is 46.2 Å². The Balaban J connectivity index is 1.52. The highest BCUT2D eigenvalue weighted by Crippen LogP contribution is 2.25. The summed E-state index contributed by atoms with van der Waals surface area (Å²) in [5.41, 5.74) is 4.43. The second-order valence-corrected chi connectivity index (χ2v) is 9.15. The van der Waals surface area contributed by atoms with Crippen molar-refractivity contribution in [2.75, 3.05) is 0 Å². The lowest BCUT2D eigenvalue weighted by Gasteiger charge is -2.09. The van der Waals surface area contributed by atoms with Crippen LogP contribution >= 0.6 is 0 Å². The van der Waals surface area contributed by atoms with Crippen molar-refractivity contribution in [3.63, 3.8) is 0 Å². The van der Waals surface area contributed by atoms with Gasteiger partial charge in [0.15, 0.2) is 5.82 Å². The average molecular weight is 430 g/mol. The molecular weight excluding hydrogens is 398 g/mol. The molecular formula is C25H31N7. The number of nitrogens with zero attached hydrogens (tertiary/aromatic N) is 6. The van der Waals surface area contributed by atoms with Gasteiger partial charge in [-0.1, -0.05) is 70.2 Å². The van der Waals surface area contributed by atoms with Gasteiger partial charge >= 0.3 is 0 Å². The normalized spacial score (nSPS) is 11.6. The molecule has 0 saturated heterocycles. The highest BCUT2D eigenvalue weighted by atomic mass is 15.5. The third-order valence-electron chi connectivity index (χ3n) is 5.41. The van der Waals surface area contributed by atoms with Crippen molar-refractivity contribution in [2.45, 2.75) is 53.5 Å². The molecule has 2 heterocycles. The summed E-state index contributed by atoms with van der Waals surface area (Å²) in [4.78, 5) is 4.85. The second kappa shape index (κ2) is 9.85. The van der Waals surface area contributed by atoms with E-state index in [0.717, 1.165) is 54.1 Å². The number of aromatic nitrogens is 7. The average Bonchev–Trinajstić information content (AvgIpc) is 3.43. The first-order valence-corrected chi connectivity index (χ1v) is 11.3. The summed E-state index contributed by atoms with van der Waals surface area (Å²) in [5, 5.41) is 19.1. The molecule has 0 atom stereocenters. The largest absolute Gasteiger partial charge is 0.245 e. The summed E-state index contributed by atoms with van der Waals surface area (Å²) in [7, 11) is 0. The summed E-state index contributed by atoms with van der Waals surface area (Å²) in [5.74, 6) is 3.84. The summed E-state index contributed by atoms with van der Waals surface area (Å²) < 4.78 is 2.08. The van der Waals surface area contributed by atoms with Crippen molar-refractivity contribution >= 4 is 0 Å². The quantitative estimate of drug-likeness (QED) is 0.406. The second-order valence-electron chi connectivity index (χ2n) is 9.15. The maximum absolute atomic E-state index is 4.85.